The summed E-state index contributed by atoms with van der Waals surface area (Å²) in [6, 6.07) is -0.730. The molecule has 8 heteroatoms. The number of ether oxygens (including phenoxy) is 3. The van der Waals surface area contributed by atoms with Gasteiger partial charge in [0.15, 0.2) is 6.10 Å². The molecule has 0 fully saturated rings. The van der Waals surface area contributed by atoms with Gasteiger partial charge in [0.25, 0.3) is 0 Å². The third kappa shape index (κ3) is 46.0. The van der Waals surface area contributed by atoms with Crippen LogP contribution in [0.15, 0.2) is 60.8 Å². The highest BCUT2D eigenvalue weighted by molar-refractivity contribution is 5.70. The molecule has 65 heavy (non-hydrogen) atoms. The first-order chi connectivity index (χ1) is 31.6. The molecule has 0 amide bonds. The minimum Gasteiger partial charge on any atom is -0.544 e. The summed E-state index contributed by atoms with van der Waals surface area (Å²) in [5.74, 6) is -1.74. The lowest BCUT2D eigenvalue weighted by Gasteiger charge is -2.34. The maximum absolute atomic E-state index is 12.8. The zero-order valence-corrected chi connectivity index (χ0v) is 42.9. The van der Waals surface area contributed by atoms with E-state index in [9.17, 15) is 19.5 Å². The van der Waals surface area contributed by atoms with Crippen LogP contribution in [0.25, 0.3) is 0 Å². The second kappa shape index (κ2) is 47.5. The molecule has 0 radical (unpaired) electrons. The van der Waals surface area contributed by atoms with Crippen molar-refractivity contribution in [1.29, 1.82) is 0 Å². The van der Waals surface area contributed by atoms with Crippen molar-refractivity contribution in [2.45, 2.75) is 244 Å². The summed E-state index contributed by atoms with van der Waals surface area (Å²) in [6.45, 7) is 4.62. The molecule has 0 rings (SSSR count). The Hall–Kier alpha value is -2.97. The van der Waals surface area contributed by atoms with Crippen LogP contribution in [0.5, 0.6) is 0 Å². The summed E-state index contributed by atoms with van der Waals surface area (Å²) in [4.78, 5) is 37.1. The van der Waals surface area contributed by atoms with Crippen molar-refractivity contribution < 1.29 is 38.2 Å². The Morgan fingerprint density at radius 1 is 0.477 bits per heavy atom. The quantitative estimate of drug-likeness (QED) is 0.0197. The van der Waals surface area contributed by atoms with Crippen LogP contribution in [-0.2, 0) is 28.6 Å². The number of quaternary nitrogens is 1. The lowest BCUT2D eigenvalue weighted by Crippen LogP contribution is -2.55. The SMILES string of the molecule is CCCCC/C=C/C=C/CCCCCCCCCCCCC(=O)OCC(COCCC(C(=O)[O-])[N+](C)(C)C)OC(=O)CCCCCCCCCCC/C=C/C/C=C/C/C=C/CCCCC. The van der Waals surface area contributed by atoms with E-state index in [0.29, 0.717) is 12.8 Å². The summed E-state index contributed by atoms with van der Waals surface area (Å²) in [6.07, 6.45) is 59.6. The average Bonchev–Trinajstić information content (AvgIpc) is 3.27. The Kier molecular flexibility index (Phi) is 45.3. The number of unbranched alkanes of at least 4 members (excludes halogenated alkanes) is 25. The zero-order chi connectivity index (χ0) is 47.7. The first-order valence-electron chi connectivity index (χ1n) is 26.8. The van der Waals surface area contributed by atoms with Gasteiger partial charge < -0.3 is 28.6 Å². The standard InChI is InChI=1S/C57H101NO7/c1-6-8-10-12-14-16-18-20-22-24-26-27-28-30-32-34-36-38-40-42-44-46-48-56(60)65-53(51-63-50-49-54(57(61)62)58(3,4)5)52-64-55(59)47-45-43-41-39-37-35-33-31-29-25-23-21-19-17-15-13-11-9-7-2/h14-17,19-22,26-27,53-54H,6-13,18,23-25,28-52H2,1-5H3/b16-14+,17-15+,21-19+,22-20+,27-26+. The van der Waals surface area contributed by atoms with E-state index in [1.807, 2.05) is 0 Å². The van der Waals surface area contributed by atoms with Crippen molar-refractivity contribution in [1.82, 2.24) is 0 Å². The van der Waals surface area contributed by atoms with E-state index in [1.54, 1.807) is 21.1 Å². The van der Waals surface area contributed by atoms with Crippen LogP contribution in [0.3, 0.4) is 0 Å². The number of esters is 2. The van der Waals surface area contributed by atoms with E-state index in [-0.39, 0.29) is 42.7 Å². The topological polar surface area (TPSA) is 102 Å². The fourth-order valence-electron chi connectivity index (χ4n) is 7.72. The smallest absolute Gasteiger partial charge is 0.306 e. The molecule has 0 aliphatic heterocycles. The summed E-state index contributed by atoms with van der Waals surface area (Å²) in [7, 11) is 5.42. The molecule has 8 nitrogen and oxygen atoms in total. The third-order valence-electron chi connectivity index (χ3n) is 11.9. The second-order valence-corrected chi connectivity index (χ2v) is 19.1. The molecule has 376 valence electrons. The highest BCUT2D eigenvalue weighted by atomic mass is 16.6. The van der Waals surface area contributed by atoms with Gasteiger partial charge in [0.05, 0.1) is 40.3 Å². The molecule has 0 heterocycles. The van der Waals surface area contributed by atoms with Crippen LogP contribution in [0.1, 0.15) is 232 Å². The molecule has 0 aromatic carbocycles. The molecule has 2 atom stereocenters. The average molecular weight is 912 g/mol. The number of aliphatic carboxylic acids is 1. The van der Waals surface area contributed by atoms with Gasteiger partial charge >= 0.3 is 11.9 Å². The van der Waals surface area contributed by atoms with Crippen LogP contribution >= 0.6 is 0 Å². The monoisotopic (exact) mass is 912 g/mol. The van der Waals surface area contributed by atoms with Crippen molar-refractivity contribution in [3.63, 3.8) is 0 Å². The highest BCUT2D eigenvalue weighted by Gasteiger charge is 2.25. The molecule has 0 aliphatic rings. The maximum Gasteiger partial charge on any atom is 0.306 e. The number of likely N-dealkylation sites (N-methyl/N-ethyl adjacent to an activating group) is 1. The van der Waals surface area contributed by atoms with Crippen molar-refractivity contribution >= 4 is 17.9 Å². The second-order valence-electron chi connectivity index (χ2n) is 19.1. The molecule has 0 aromatic heterocycles. The lowest BCUT2D eigenvalue weighted by atomic mass is 10.1. The van der Waals surface area contributed by atoms with Crippen molar-refractivity contribution in [3.05, 3.63) is 60.8 Å². The fourth-order valence-corrected chi connectivity index (χ4v) is 7.72. The molecule has 0 spiro atoms. The number of hydrogen-bond donors (Lipinski definition) is 0. The van der Waals surface area contributed by atoms with Crippen molar-refractivity contribution in [2.75, 3.05) is 41.0 Å². The van der Waals surface area contributed by atoms with Gasteiger partial charge in [0, 0.05) is 19.3 Å². The molecule has 0 saturated carbocycles. The molecular formula is C57H101NO7. The van der Waals surface area contributed by atoms with Crippen LogP contribution in [-0.4, -0.2) is 75.5 Å². The van der Waals surface area contributed by atoms with Crippen molar-refractivity contribution in [2.24, 2.45) is 0 Å². The molecule has 0 N–H and O–H groups in total. The normalized spacial score (nSPS) is 13.3. The number of hydrogen-bond acceptors (Lipinski definition) is 7. The molecule has 0 saturated heterocycles. The molecular weight excluding hydrogens is 811 g/mol. The minimum atomic E-state index is -1.13. The van der Waals surface area contributed by atoms with Gasteiger partial charge in [-0.05, 0) is 77.0 Å². The van der Waals surface area contributed by atoms with Crippen LogP contribution in [0.4, 0.5) is 0 Å². The lowest BCUT2D eigenvalue weighted by molar-refractivity contribution is -0.889. The summed E-state index contributed by atoms with van der Waals surface area (Å²) < 4.78 is 17.3. The van der Waals surface area contributed by atoms with Gasteiger partial charge in [-0.25, -0.2) is 0 Å². The maximum atomic E-state index is 12.8. The third-order valence-corrected chi connectivity index (χ3v) is 11.9. The van der Waals surface area contributed by atoms with E-state index in [4.69, 9.17) is 14.2 Å². The van der Waals surface area contributed by atoms with Gasteiger partial charge in [-0.1, -0.05) is 197 Å². The van der Waals surface area contributed by atoms with Crippen LogP contribution < -0.4 is 5.11 Å². The number of allylic oxidation sites excluding steroid dienone is 10. The van der Waals surface area contributed by atoms with Crippen LogP contribution in [0.2, 0.25) is 0 Å². The predicted octanol–water partition coefficient (Wildman–Crippen LogP) is 14.4. The van der Waals surface area contributed by atoms with Gasteiger partial charge in [-0.15, -0.1) is 0 Å². The first-order valence-corrected chi connectivity index (χ1v) is 26.8. The van der Waals surface area contributed by atoms with Crippen molar-refractivity contribution in [3.8, 4) is 0 Å². The van der Waals surface area contributed by atoms with E-state index < -0.39 is 18.1 Å². The van der Waals surface area contributed by atoms with Gasteiger partial charge in [-0.2, -0.15) is 0 Å². The number of carbonyl (C=O) groups is 3. The van der Waals surface area contributed by atoms with Crippen LogP contribution in [0, 0.1) is 0 Å². The summed E-state index contributed by atoms with van der Waals surface area (Å²) in [5.41, 5.74) is 0. The molecule has 0 aromatic rings. The highest BCUT2D eigenvalue weighted by Crippen LogP contribution is 2.15. The first kappa shape index (κ1) is 62.0. The Labute approximate surface area is 400 Å². The Bertz CT molecular complexity index is 1250. The number of nitrogens with zero attached hydrogens (tertiary/aromatic N) is 1. The number of rotatable bonds is 48. The van der Waals surface area contributed by atoms with Gasteiger partial charge in [0.1, 0.15) is 12.6 Å². The zero-order valence-electron chi connectivity index (χ0n) is 42.9. The number of carboxylic acid groups (broad SMARTS) is 1. The largest absolute Gasteiger partial charge is 0.544 e. The molecule has 2 unspecified atom stereocenters. The van der Waals surface area contributed by atoms with E-state index in [1.165, 1.54) is 141 Å². The van der Waals surface area contributed by atoms with Gasteiger partial charge in [-0.3, -0.25) is 9.59 Å². The minimum absolute atomic E-state index is 0.0365. The van der Waals surface area contributed by atoms with E-state index in [0.717, 1.165) is 57.8 Å². The predicted molar refractivity (Wildman–Crippen MR) is 273 cm³/mol. The Morgan fingerprint density at radius 3 is 1.29 bits per heavy atom. The van der Waals surface area contributed by atoms with E-state index >= 15 is 0 Å². The molecule has 0 aliphatic carbocycles. The Balaban J connectivity index is 4.24. The Morgan fingerprint density at radius 2 is 0.862 bits per heavy atom. The van der Waals surface area contributed by atoms with Gasteiger partial charge in [0.2, 0.25) is 0 Å². The summed E-state index contributed by atoms with van der Waals surface area (Å²) in [5, 5.41) is 11.7. The molecule has 0 bridgehead atoms. The summed E-state index contributed by atoms with van der Waals surface area (Å²) >= 11 is 0. The fraction of sp³-hybridized carbons (Fsp3) is 0.772. The number of carbonyl (C=O) groups excluding carboxylic acids is 3. The number of carboxylic acids is 1. The van der Waals surface area contributed by atoms with E-state index in [2.05, 4.69) is 74.6 Å².